The predicted molar refractivity (Wildman–Crippen MR) is 69.1 cm³/mol. The summed E-state index contributed by atoms with van der Waals surface area (Å²) in [6.45, 7) is 0.377. The van der Waals surface area contributed by atoms with E-state index in [0.29, 0.717) is 27.1 Å². The molecule has 0 bridgehead atoms. The van der Waals surface area contributed by atoms with Gasteiger partial charge in [0.15, 0.2) is 0 Å². The maximum absolute atomic E-state index is 9.53. The molecular formula is C8H7BClNO2S2. The zero-order valence-electron chi connectivity index (χ0n) is 7.53. The van der Waals surface area contributed by atoms with Gasteiger partial charge in [-0.15, -0.1) is 12.6 Å². The normalized spacial score (nSPS) is 13.9. The topological polar surface area (TPSA) is 41.5 Å². The molecule has 1 heterocycles. The van der Waals surface area contributed by atoms with Gasteiger partial charge in [-0.05, 0) is 11.6 Å². The van der Waals surface area contributed by atoms with Crippen molar-refractivity contribution >= 4 is 59.0 Å². The van der Waals surface area contributed by atoms with Crippen LogP contribution in [0.3, 0.4) is 0 Å². The van der Waals surface area contributed by atoms with E-state index >= 15 is 0 Å². The average molecular weight is 260 g/mol. The Morgan fingerprint density at radius 3 is 3.07 bits per heavy atom. The van der Waals surface area contributed by atoms with Crippen molar-refractivity contribution in [3.8, 4) is 0 Å². The molecule has 0 saturated heterocycles. The maximum atomic E-state index is 9.53. The first-order chi connectivity index (χ1) is 7.09. The minimum absolute atomic E-state index is 0.324. The molecule has 0 fully saturated rings. The Morgan fingerprint density at radius 2 is 2.40 bits per heavy atom. The van der Waals surface area contributed by atoms with Crippen molar-refractivity contribution in [3.63, 3.8) is 0 Å². The molecule has 1 aliphatic heterocycles. The van der Waals surface area contributed by atoms with Gasteiger partial charge in [-0.2, -0.15) is 0 Å². The van der Waals surface area contributed by atoms with Crippen LogP contribution in [0.15, 0.2) is 12.1 Å². The maximum Gasteiger partial charge on any atom is 0.493 e. The third-order valence-electron chi connectivity index (χ3n) is 2.16. The highest BCUT2D eigenvalue weighted by atomic mass is 35.5. The summed E-state index contributed by atoms with van der Waals surface area (Å²) in [5, 5.41) is 12.8. The Morgan fingerprint density at radius 1 is 1.67 bits per heavy atom. The van der Waals surface area contributed by atoms with Crippen molar-refractivity contribution in [1.82, 2.24) is 0 Å². The van der Waals surface area contributed by atoms with Crippen molar-refractivity contribution in [2.24, 2.45) is 0 Å². The number of anilines is 1. The van der Waals surface area contributed by atoms with Crippen LogP contribution in [0.4, 0.5) is 5.69 Å². The SMILES string of the molecule is OB1OCc2ccc(NC(=S)S)c(Cl)c21. The zero-order chi connectivity index (χ0) is 11.0. The number of fused-ring (bicyclic) bond motifs is 1. The molecule has 3 nitrogen and oxygen atoms in total. The summed E-state index contributed by atoms with van der Waals surface area (Å²) in [4.78, 5) is 0. The minimum atomic E-state index is -0.956. The molecule has 0 spiro atoms. The summed E-state index contributed by atoms with van der Waals surface area (Å²) < 4.78 is 5.38. The van der Waals surface area contributed by atoms with E-state index in [0.717, 1.165) is 5.56 Å². The number of nitrogens with one attached hydrogen (secondary N) is 1. The lowest BCUT2D eigenvalue weighted by atomic mass is 9.79. The quantitative estimate of drug-likeness (QED) is 0.403. The number of hydrogen-bond donors (Lipinski definition) is 3. The average Bonchev–Trinajstić information content (AvgIpc) is 2.53. The summed E-state index contributed by atoms with van der Waals surface area (Å²) >= 11 is 14.8. The zero-order valence-corrected chi connectivity index (χ0v) is 9.99. The lowest BCUT2D eigenvalue weighted by Gasteiger charge is -2.09. The number of thiocarbonyl (C=S) groups is 1. The van der Waals surface area contributed by atoms with Crippen molar-refractivity contribution in [2.75, 3.05) is 5.32 Å². The third kappa shape index (κ3) is 2.14. The molecule has 2 N–H and O–H groups in total. The van der Waals surface area contributed by atoms with Gasteiger partial charge < -0.3 is 15.0 Å². The van der Waals surface area contributed by atoms with Crippen LogP contribution >= 0.6 is 36.4 Å². The van der Waals surface area contributed by atoms with Crippen LogP contribution in [-0.4, -0.2) is 16.5 Å². The molecule has 0 radical (unpaired) electrons. The van der Waals surface area contributed by atoms with E-state index in [4.69, 9.17) is 28.5 Å². The summed E-state index contributed by atoms with van der Waals surface area (Å²) in [5.74, 6) is 0. The Bertz CT molecular complexity index is 429. The van der Waals surface area contributed by atoms with Crippen LogP contribution < -0.4 is 10.8 Å². The number of thiol groups is 1. The van der Waals surface area contributed by atoms with E-state index in [1.807, 2.05) is 6.07 Å². The van der Waals surface area contributed by atoms with E-state index in [1.54, 1.807) is 6.07 Å². The highest BCUT2D eigenvalue weighted by Gasteiger charge is 2.31. The summed E-state index contributed by atoms with van der Waals surface area (Å²) in [5.41, 5.74) is 2.12. The van der Waals surface area contributed by atoms with Gasteiger partial charge in [0.25, 0.3) is 0 Å². The van der Waals surface area contributed by atoms with Gasteiger partial charge in [0, 0.05) is 5.46 Å². The van der Waals surface area contributed by atoms with Gasteiger partial charge in [0.05, 0.1) is 17.3 Å². The second-order valence-corrected chi connectivity index (χ2v) is 4.63. The first-order valence-electron chi connectivity index (χ1n) is 4.20. The van der Waals surface area contributed by atoms with Gasteiger partial charge >= 0.3 is 7.12 Å². The number of halogens is 1. The van der Waals surface area contributed by atoms with Crippen molar-refractivity contribution < 1.29 is 9.68 Å². The van der Waals surface area contributed by atoms with E-state index < -0.39 is 7.12 Å². The predicted octanol–water partition coefficient (Wildman–Crippen LogP) is 1.18. The second kappa shape index (κ2) is 4.31. The van der Waals surface area contributed by atoms with Gasteiger partial charge in [-0.1, -0.05) is 29.9 Å². The highest BCUT2D eigenvalue weighted by Crippen LogP contribution is 2.25. The highest BCUT2D eigenvalue weighted by molar-refractivity contribution is 8.11. The molecule has 0 amide bonds. The molecule has 78 valence electrons. The smallest absolute Gasteiger partial charge is 0.423 e. The second-order valence-electron chi connectivity index (χ2n) is 3.09. The molecule has 0 saturated carbocycles. The van der Waals surface area contributed by atoms with Crippen LogP contribution in [0.1, 0.15) is 5.56 Å². The van der Waals surface area contributed by atoms with Crippen LogP contribution in [0.5, 0.6) is 0 Å². The molecule has 1 aromatic carbocycles. The lowest BCUT2D eigenvalue weighted by molar-refractivity contribution is 0.275. The Balaban J connectivity index is 2.44. The van der Waals surface area contributed by atoms with Crippen LogP contribution in [0.2, 0.25) is 5.02 Å². The standard InChI is InChI=1S/C8H7BClNO2S2/c10-7-5(11-8(14)15)2-1-4-3-13-9(12)6(4)7/h1-2,12H,3H2,(H2,11,14,15). The largest absolute Gasteiger partial charge is 0.493 e. The third-order valence-corrected chi connectivity index (χ3v) is 2.78. The minimum Gasteiger partial charge on any atom is -0.423 e. The van der Waals surface area contributed by atoms with E-state index in [-0.39, 0.29) is 0 Å². The van der Waals surface area contributed by atoms with E-state index in [2.05, 4.69) is 17.9 Å². The summed E-state index contributed by atoms with van der Waals surface area (Å²) in [6.07, 6.45) is 0. The van der Waals surface area contributed by atoms with E-state index in [9.17, 15) is 5.02 Å². The monoisotopic (exact) mass is 259 g/mol. The number of rotatable bonds is 1. The van der Waals surface area contributed by atoms with Gasteiger partial charge in [-0.25, -0.2) is 0 Å². The molecule has 0 aliphatic carbocycles. The Kier molecular flexibility index (Phi) is 3.23. The number of benzene rings is 1. The molecule has 15 heavy (non-hydrogen) atoms. The Labute approximate surface area is 103 Å². The molecule has 0 aromatic heterocycles. The van der Waals surface area contributed by atoms with Gasteiger partial charge in [0.1, 0.15) is 4.32 Å². The molecular weight excluding hydrogens is 252 g/mol. The fourth-order valence-electron chi connectivity index (χ4n) is 1.49. The molecule has 0 unspecified atom stereocenters. The molecule has 2 rings (SSSR count). The van der Waals surface area contributed by atoms with Crippen molar-refractivity contribution in [2.45, 2.75) is 6.61 Å². The molecule has 1 aliphatic rings. The van der Waals surface area contributed by atoms with Crippen molar-refractivity contribution in [1.29, 1.82) is 0 Å². The lowest BCUT2D eigenvalue weighted by Crippen LogP contribution is -2.29. The fourth-order valence-corrected chi connectivity index (χ4v) is 2.04. The van der Waals surface area contributed by atoms with Crippen LogP contribution in [-0.2, 0) is 11.3 Å². The fraction of sp³-hybridized carbons (Fsp3) is 0.125. The molecule has 0 atom stereocenters. The first-order valence-corrected chi connectivity index (χ1v) is 5.44. The van der Waals surface area contributed by atoms with Crippen molar-refractivity contribution in [3.05, 3.63) is 22.7 Å². The van der Waals surface area contributed by atoms with Gasteiger partial charge in [0.2, 0.25) is 0 Å². The van der Waals surface area contributed by atoms with Gasteiger partial charge in [-0.3, -0.25) is 0 Å². The Hall–Kier alpha value is -0.265. The summed E-state index contributed by atoms with van der Waals surface area (Å²) in [7, 11) is -0.956. The number of hydrogen-bond acceptors (Lipinski definition) is 3. The first kappa shape index (κ1) is 11.2. The molecule has 1 aromatic rings. The van der Waals surface area contributed by atoms with Crippen LogP contribution in [0, 0.1) is 0 Å². The van der Waals surface area contributed by atoms with Crippen LogP contribution in [0.25, 0.3) is 0 Å². The summed E-state index contributed by atoms with van der Waals surface area (Å²) in [6, 6.07) is 3.62. The molecule has 7 heteroatoms. The van der Waals surface area contributed by atoms with E-state index in [1.165, 1.54) is 0 Å².